The number of guanidine groups is 1. The van der Waals surface area contributed by atoms with Crippen molar-refractivity contribution in [1.29, 1.82) is 0 Å². The molecule has 27 heavy (non-hydrogen) atoms. The first-order valence-corrected chi connectivity index (χ1v) is 10.9. The Morgan fingerprint density at radius 3 is 2.37 bits per heavy atom. The van der Waals surface area contributed by atoms with Gasteiger partial charge in [-0.1, -0.05) is 6.07 Å². The van der Waals surface area contributed by atoms with Gasteiger partial charge in [-0.15, -0.1) is 24.0 Å². The second kappa shape index (κ2) is 13.0. The molecule has 0 aliphatic rings. The SMILES string of the molecule is CCOc1ccc(C(C)NC(=NC)NCCCS(C)(=O)=O)cc1OCC.I. The van der Waals surface area contributed by atoms with E-state index >= 15 is 0 Å². The average molecular weight is 513 g/mol. The minimum atomic E-state index is -2.94. The number of halogens is 1. The molecular weight excluding hydrogens is 481 g/mol. The number of hydrogen-bond acceptors (Lipinski definition) is 5. The van der Waals surface area contributed by atoms with Crippen LogP contribution in [0.1, 0.15) is 38.8 Å². The van der Waals surface area contributed by atoms with E-state index in [-0.39, 0.29) is 35.8 Å². The largest absolute Gasteiger partial charge is 0.490 e. The molecule has 0 aliphatic carbocycles. The van der Waals surface area contributed by atoms with Crippen molar-refractivity contribution in [2.45, 2.75) is 33.2 Å². The molecule has 9 heteroatoms. The topological polar surface area (TPSA) is 89.0 Å². The van der Waals surface area contributed by atoms with Crippen molar-refractivity contribution < 1.29 is 17.9 Å². The molecule has 0 saturated heterocycles. The summed E-state index contributed by atoms with van der Waals surface area (Å²) in [7, 11) is -1.26. The molecule has 156 valence electrons. The molecule has 0 heterocycles. The van der Waals surface area contributed by atoms with Gasteiger partial charge < -0.3 is 20.1 Å². The van der Waals surface area contributed by atoms with Crippen molar-refractivity contribution in [3.63, 3.8) is 0 Å². The highest BCUT2D eigenvalue weighted by Gasteiger charge is 2.12. The van der Waals surface area contributed by atoms with E-state index in [1.807, 2.05) is 39.0 Å². The lowest BCUT2D eigenvalue weighted by Crippen LogP contribution is -2.39. The van der Waals surface area contributed by atoms with Crippen LogP contribution in [0, 0.1) is 0 Å². The molecule has 1 aromatic carbocycles. The number of rotatable bonds is 10. The normalized spacial score (nSPS) is 12.7. The molecular formula is C18H32IN3O4S. The fraction of sp³-hybridized carbons (Fsp3) is 0.611. The first-order valence-electron chi connectivity index (χ1n) is 8.85. The van der Waals surface area contributed by atoms with E-state index in [2.05, 4.69) is 15.6 Å². The maximum Gasteiger partial charge on any atom is 0.191 e. The Kier molecular flexibility index (Phi) is 12.4. The minimum Gasteiger partial charge on any atom is -0.490 e. The number of nitrogens with one attached hydrogen (secondary N) is 2. The Balaban J connectivity index is 0.00000676. The van der Waals surface area contributed by atoms with Crippen LogP contribution in [-0.4, -0.2) is 53.2 Å². The summed E-state index contributed by atoms with van der Waals surface area (Å²) in [5, 5.41) is 6.43. The van der Waals surface area contributed by atoms with Crippen LogP contribution < -0.4 is 20.1 Å². The van der Waals surface area contributed by atoms with Gasteiger partial charge in [0.05, 0.1) is 25.0 Å². The quantitative estimate of drug-likeness (QED) is 0.217. The number of aliphatic imine (C=N–C) groups is 1. The predicted molar refractivity (Wildman–Crippen MR) is 121 cm³/mol. The molecule has 0 aromatic heterocycles. The summed E-state index contributed by atoms with van der Waals surface area (Å²) in [6.07, 6.45) is 1.77. The second-order valence-corrected chi connectivity index (χ2v) is 8.18. The zero-order valence-electron chi connectivity index (χ0n) is 16.7. The van der Waals surface area contributed by atoms with Crippen LogP contribution >= 0.6 is 24.0 Å². The fourth-order valence-electron chi connectivity index (χ4n) is 2.36. The third-order valence-corrected chi connectivity index (χ3v) is 4.66. The second-order valence-electron chi connectivity index (χ2n) is 5.92. The van der Waals surface area contributed by atoms with Gasteiger partial charge in [0.15, 0.2) is 17.5 Å². The van der Waals surface area contributed by atoms with Crippen LogP contribution in [0.25, 0.3) is 0 Å². The first-order chi connectivity index (χ1) is 12.3. The van der Waals surface area contributed by atoms with Gasteiger partial charge in [0.1, 0.15) is 9.84 Å². The predicted octanol–water partition coefficient (Wildman–Crippen LogP) is 2.76. The Bertz CT molecular complexity index is 696. The van der Waals surface area contributed by atoms with Gasteiger partial charge in [0.2, 0.25) is 0 Å². The Morgan fingerprint density at radius 2 is 1.81 bits per heavy atom. The van der Waals surface area contributed by atoms with Crippen molar-refractivity contribution >= 4 is 39.8 Å². The number of nitrogens with zero attached hydrogens (tertiary/aromatic N) is 1. The summed E-state index contributed by atoms with van der Waals surface area (Å²) in [5.41, 5.74) is 1.04. The summed E-state index contributed by atoms with van der Waals surface area (Å²) in [6, 6.07) is 5.85. The highest BCUT2D eigenvalue weighted by atomic mass is 127. The molecule has 0 bridgehead atoms. The van der Waals surface area contributed by atoms with Gasteiger partial charge in [-0.2, -0.15) is 0 Å². The van der Waals surface area contributed by atoms with Crippen LogP contribution in [0.5, 0.6) is 11.5 Å². The van der Waals surface area contributed by atoms with Crippen molar-refractivity contribution in [2.75, 3.05) is 38.8 Å². The van der Waals surface area contributed by atoms with E-state index in [1.165, 1.54) is 6.26 Å². The van der Waals surface area contributed by atoms with Crippen molar-refractivity contribution in [3.8, 4) is 11.5 Å². The van der Waals surface area contributed by atoms with E-state index in [0.29, 0.717) is 32.1 Å². The number of ether oxygens (including phenoxy) is 2. The number of benzene rings is 1. The van der Waals surface area contributed by atoms with Crippen LogP contribution in [-0.2, 0) is 9.84 Å². The molecule has 0 radical (unpaired) electrons. The Hall–Kier alpha value is -1.23. The summed E-state index contributed by atoms with van der Waals surface area (Å²) >= 11 is 0. The van der Waals surface area contributed by atoms with Gasteiger partial charge in [0, 0.05) is 19.8 Å². The van der Waals surface area contributed by atoms with Gasteiger partial charge in [0.25, 0.3) is 0 Å². The van der Waals surface area contributed by atoms with E-state index in [9.17, 15) is 8.42 Å². The molecule has 2 N–H and O–H groups in total. The molecule has 0 aliphatic heterocycles. The van der Waals surface area contributed by atoms with Gasteiger partial charge >= 0.3 is 0 Å². The summed E-state index contributed by atoms with van der Waals surface area (Å²) in [5.74, 6) is 2.23. The third-order valence-electron chi connectivity index (χ3n) is 3.63. The zero-order chi connectivity index (χ0) is 19.6. The van der Waals surface area contributed by atoms with E-state index in [0.717, 1.165) is 17.1 Å². The highest BCUT2D eigenvalue weighted by molar-refractivity contribution is 14.0. The van der Waals surface area contributed by atoms with Gasteiger partial charge in [-0.3, -0.25) is 4.99 Å². The van der Waals surface area contributed by atoms with Crippen molar-refractivity contribution in [2.24, 2.45) is 4.99 Å². The Morgan fingerprint density at radius 1 is 1.19 bits per heavy atom. The standard InChI is InChI=1S/C18H31N3O4S.HI/c1-6-24-16-10-9-15(13-17(16)25-7-2)14(3)21-18(19-4)20-11-8-12-26(5,22)23;/h9-10,13-14H,6-8,11-12H2,1-5H3,(H2,19,20,21);1H. The smallest absolute Gasteiger partial charge is 0.191 e. The number of hydrogen-bond donors (Lipinski definition) is 2. The lowest BCUT2D eigenvalue weighted by atomic mass is 10.1. The molecule has 1 atom stereocenters. The van der Waals surface area contributed by atoms with E-state index in [1.54, 1.807) is 7.05 Å². The van der Waals surface area contributed by atoms with Crippen LogP contribution in [0.4, 0.5) is 0 Å². The van der Waals surface area contributed by atoms with Crippen LogP contribution in [0.2, 0.25) is 0 Å². The third kappa shape index (κ3) is 10.0. The van der Waals surface area contributed by atoms with Gasteiger partial charge in [-0.25, -0.2) is 8.42 Å². The highest BCUT2D eigenvalue weighted by Crippen LogP contribution is 2.30. The fourth-order valence-corrected chi connectivity index (χ4v) is 3.03. The summed E-state index contributed by atoms with van der Waals surface area (Å²) in [4.78, 5) is 4.18. The monoisotopic (exact) mass is 513 g/mol. The van der Waals surface area contributed by atoms with Crippen molar-refractivity contribution in [1.82, 2.24) is 10.6 Å². The molecule has 0 saturated carbocycles. The van der Waals surface area contributed by atoms with E-state index < -0.39 is 9.84 Å². The Labute approximate surface area is 180 Å². The average Bonchev–Trinajstić information content (AvgIpc) is 2.58. The lowest BCUT2D eigenvalue weighted by molar-refractivity contribution is 0.287. The molecule has 0 fully saturated rings. The molecule has 1 aromatic rings. The van der Waals surface area contributed by atoms with Crippen LogP contribution in [0.3, 0.4) is 0 Å². The van der Waals surface area contributed by atoms with Gasteiger partial charge in [-0.05, 0) is 44.9 Å². The lowest BCUT2D eigenvalue weighted by Gasteiger charge is -2.20. The molecule has 1 unspecified atom stereocenters. The maximum absolute atomic E-state index is 11.2. The zero-order valence-corrected chi connectivity index (χ0v) is 19.9. The van der Waals surface area contributed by atoms with E-state index in [4.69, 9.17) is 9.47 Å². The molecule has 7 nitrogen and oxygen atoms in total. The summed E-state index contributed by atoms with van der Waals surface area (Å²) < 4.78 is 33.6. The molecule has 0 amide bonds. The first kappa shape index (κ1) is 25.8. The van der Waals surface area contributed by atoms with Crippen molar-refractivity contribution in [3.05, 3.63) is 23.8 Å². The number of sulfone groups is 1. The summed E-state index contributed by atoms with van der Waals surface area (Å²) in [6.45, 7) is 7.58. The minimum absolute atomic E-state index is 0. The maximum atomic E-state index is 11.2. The molecule has 0 spiro atoms. The van der Waals surface area contributed by atoms with Crippen LogP contribution in [0.15, 0.2) is 23.2 Å². The molecule has 1 rings (SSSR count).